The van der Waals surface area contributed by atoms with Crippen molar-refractivity contribution in [1.29, 1.82) is 5.26 Å². The molecular weight excluding hydrogens is 350 g/mol. The largest absolute Gasteiger partial charge is 0.468 e. The van der Waals surface area contributed by atoms with Crippen LogP contribution in [-0.4, -0.2) is 23.6 Å². The van der Waals surface area contributed by atoms with E-state index in [-0.39, 0.29) is 6.54 Å². The Labute approximate surface area is 153 Å². The summed E-state index contributed by atoms with van der Waals surface area (Å²) in [7, 11) is 1.32. The molecule has 0 saturated heterocycles. The number of benzene rings is 2. The van der Waals surface area contributed by atoms with Crippen molar-refractivity contribution in [2.45, 2.75) is 13.5 Å². The lowest BCUT2D eigenvalue weighted by Gasteiger charge is -2.05. The lowest BCUT2D eigenvalue weighted by atomic mass is 10.1. The highest BCUT2D eigenvalue weighted by molar-refractivity contribution is 7.16. The van der Waals surface area contributed by atoms with Gasteiger partial charge >= 0.3 is 5.97 Å². The molecule has 2 aromatic carbocycles. The number of nitriles is 1. The highest BCUT2D eigenvalue weighted by Crippen LogP contribution is 2.21. The molecule has 0 aliphatic rings. The average molecular weight is 365 g/mol. The fraction of sp³-hybridized carbons (Fsp3) is 0.158. The summed E-state index contributed by atoms with van der Waals surface area (Å²) in [6, 6.07) is 14.1. The molecule has 26 heavy (non-hydrogen) atoms. The smallest absolute Gasteiger partial charge is 0.325 e. The summed E-state index contributed by atoms with van der Waals surface area (Å²) in [4.78, 5) is 29.0. The van der Waals surface area contributed by atoms with Crippen molar-refractivity contribution in [1.82, 2.24) is 4.57 Å². The molecule has 7 heteroatoms. The third-order valence-corrected chi connectivity index (χ3v) is 4.92. The van der Waals surface area contributed by atoms with Gasteiger partial charge < -0.3 is 9.30 Å². The second-order valence-corrected chi connectivity index (χ2v) is 6.58. The van der Waals surface area contributed by atoms with Gasteiger partial charge in [0.05, 0.1) is 29.0 Å². The number of para-hydroxylation sites is 1. The van der Waals surface area contributed by atoms with Crippen LogP contribution in [0.5, 0.6) is 0 Å². The van der Waals surface area contributed by atoms with E-state index in [1.807, 2.05) is 31.2 Å². The van der Waals surface area contributed by atoms with Crippen LogP contribution in [0.2, 0.25) is 0 Å². The summed E-state index contributed by atoms with van der Waals surface area (Å²) in [6.45, 7) is 1.91. The van der Waals surface area contributed by atoms with E-state index in [1.54, 1.807) is 28.8 Å². The minimum absolute atomic E-state index is 0.0269. The molecular formula is C19H15N3O3S. The van der Waals surface area contributed by atoms with Crippen LogP contribution in [-0.2, 0) is 16.1 Å². The maximum Gasteiger partial charge on any atom is 0.325 e. The van der Waals surface area contributed by atoms with Gasteiger partial charge in [0.15, 0.2) is 4.80 Å². The third-order valence-electron chi connectivity index (χ3n) is 3.88. The fourth-order valence-electron chi connectivity index (χ4n) is 2.57. The molecule has 0 atom stereocenters. The number of carbonyl (C=O) groups excluding carboxylic acids is 2. The summed E-state index contributed by atoms with van der Waals surface area (Å²) < 4.78 is 7.40. The summed E-state index contributed by atoms with van der Waals surface area (Å²) in [5.41, 5.74) is 2.69. The van der Waals surface area contributed by atoms with Crippen LogP contribution in [0.1, 0.15) is 21.5 Å². The van der Waals surface area contributed by atoms with Crippen LogP contribution in [0.3, 0.4) is 0 Å². The van der Waals surface area contributed by atoms with Gasteiger partial charge in [-0.3, -0.25) is 9.59 Å². The molecule has 1 heterocycles. The van der Waals surface area contributed by atoms with E-state index in [2.05, 4.69) is 4.99 Å². The molecule has 3 aromatic rings. The van der Waals surface area contributed by atoms with E-state index in [0.29, 0.717) is 15.9 Å². The molecule has 1 aromatic heterocycles. The second kappa shape index (κ2) is 7.33. The number of esters is 1. The van der Waals surface area contributed by atoms with Gasteiger partial charge in [-0.1, -0.05) is 23.5 Å². The zero-order valence-electron chi connectivity index (χ0n) is 14.2. The monoisotopic (exact) mass is 365 g/mol. The minimum Gasteiger partial charge on any atom is -0.468 e. The third kappa shape index (κ3) is 3.41. The molecule has 0 aliphatic carbocycles. The maximum absolute atomic E-state index is 12.5. The Balaban J connectivity index is 2.13. The molecule has 0 saturated carbocycles. The van der Waals surface area contributed by atoms with Crippen molar-refractivity contribution in [2.24, 2.45) is 4.99 Å². The first-order chi connectivity index (χ1) is 12.5. The Kier molecular flexibility index (Phi) is 4.96. The van der Waals surface area contributed by atoms with Crippen LogP contribution < -0.4 is 4.80 Å². The SMILES string of the molecule is COC(=O)Cn1c(=NC(=O)c2ccc(C#N)cc2)sc2cccc(C)c21. The number of aryl methyl sites for hydroxylation is 1. The van der Waals surface area contributed by atoms with Crippen molar-refractivity contribution in [2.75, 3.05) is 7.11 Å². The molecule has 0 N–H and O–H groups in total. The minimum atomic E-state index is -0.433. The average Bonchev–Trinajstić information content (AvgIpc) is 3.00. The van der Waals surface area contributed by atoms with Crippen molar-refractivity contribution in [3.8, 4) is 6.07 Å². The van der Waals surface area contributed by atoms with Gasteiger partial charge in [-0.2, -0.15) is 10.3 Å². The van der Waals surface area contributed by atoms with Crippen LogP contribution in [0.25, 0.3) is 10.2 Å². The van der Waals surface area contributed by atoms with Gasteiger partial charge in [-0.25, -0.2) is 0 Å². The number of amides is 1. The molecule has 3 rings (SSSR count). The molecule has 130 valence electrons. The van der Waals surface area contributed by atoms with Crippen LogP contribution in [0.15, 0.2) is 47.5 Å². The van der Waals surface area contributed by atoms with E-state index in [1.165, 1.54) is 18.4 Å². The standard InChI is InChI=1S/C19H15N3O3S/c1-12-4-3-5-15-17(12)22(11-16(23)25-2)19(26-15)21-18(24)14-8-6-13(10-20)7-9-14/h3-9H,11H2,1-2H3. The first-order valence-corrected chi connectivity index (χ1v) is 8.60. The second-order valence-electron chi connectivity index (χ2n) is 5.57. The zero-order valence-corrected chi connectivity index (χ0v) is 15.0. The molecule has 0 fully saturated rings. The fourth-order valence-corrected chi connectivity index (χ4v) is 3.68. The van der Waals surface area contributed by atoms with E-state index < -0.39 is 11.9 Å². The lowest BCUT2D eigenvalue weighted by molar-refractivity contribution is -0.141. The van der Waals surface area contributed by atoms with E-state index in [0.717, 1.165) is 15.8 Å². The Bertz CT molecular complexity index is 1100. The topological polar surface area (TPSA) is 84.5 Å². The van der Waals surface area contributed by atoms with E-state index in [9.17, 15) is 9.59 Å². The maximum atomic E-state index is 12.5. The predicted molar refractivity (Wildman–Crippen MR) is 97.6 cm³/mol. The zero-order chi connectivity index (χ0) is 18.7. The number of carbonyl (C=O) groups is 2. The van der Waals surface area contributed by atoms with Crippen LogP contribution in [0.4, 0.5) is 0 Å². The molecule has 0 bridgehead atoms. The summed E-state index contributed by atoms with van der Waals surface area (Å²) in [5.74, 6) is -0.850. The summed E-state index contributed by atoms with van der Waals surface area (Å²) >= 11 is 1.34. The highest BCUT2D eigenvalue weighted by atomic mass is 32.1. The van der Waals surface area contributed by atoms with E-state index >= 15 is 0 Å². The normalized spacial score (nSPS) is 11.3. The van der Waals surface area contributed by atoms with Gasteiger partial charge in [-0.15, -0.1) is 0 Å². The van der Waals surface area contributed by atoms with Crippen molar-refractivity contribution in [3.63, 3.8) is 0 Å². The molecule has 1 amide bonds. The predicted octanol–water partition coefficient (Wildman–Crippen LogP) is 2.80. The molecule has 6 nitrogen and oxygen atoms in total. The van der Waals surface area contributed by atoms with Crippen molar-refractivity contribution in [3.05, 3.63) is 64.0 Å². The quantitative estimate of drug-likeness (QED) is 0.668. The Morgan fingerprint density at radius 1 is 1.23 bits per heavy atom. The molecule has 0 aliphatic heterocycles. The highest BCUT2D eigenvalue weighted by Gasteiger charge is 2.14. The van der Waals surface area contributed by atoms with Crippen LogP contribution in [0, 0.1) is 18.3 Å². The van der Waals surface area contributed by atoms with Gasteiger partial charge in [0.1, 0.15) is 6.54 Å². The number of hydrogen-bond donors (Lipinski definition) is 0. The van der Waals surface area contributed by atoms with Crippen molar-refractivity contribution >= 4 is 33.4 Å². The number of rotatable bonds is 3. The number of methoxy groups -OCH3 is 1. The number of nitrogens with zero attached hydrogens (tertiary/aromatic N) is 3. The number of aromatic nitrogens is 1. The Hall–Kier alpha value is -3.24. The first kappa shape index (κ1) is 17.6. The van der Waals surface area contributed by atoms with Gasteiger partial charge in [0.2, 0.25) is 0 Å². The Morgan fingerprint density at radius 3 is 2.62 bits per heavy atom. The Morgan fingerprint density at radius 2 is 1.96 bits per heavy atom. The molecule has 0 unspecified atom stereocenters. The van der Waals surface area contributed by atoms with Gasteiger partial charge in [0, 0.05) is 5.56 Å². The molecule has 0 radical (unpaired) electrons. The number of ether oxygens (including phenoxy) is 1. The summed E-state index contributed by atoms with van der Waals surface area (Å²) in [5, 5.41) is 8.85. The van der Waals surface area contributed by atoms with Gasteiger partial charge in [0.25, 0.3) is 5.91 Å². The summed E-state index contributed by atoms with van der Waals surface area (Å²) in [6.07, 6.45) is 0. The number of hydrogen-bond acceptors (Lipinski definition) is 5. The lowest BCUT2D eigenvalue weighted by Crippen LogP contribution is -2.22. The van der Waals surface area contributed by atoms with Gasteiger partial charge in [-0.05, 0) is 42.8 Å². The van der Waals surface area contributed by atoms with Crippen LogP contribution >= 0.6 is 11.3 Å². The number of fused-ring (bicyclic) bond motifs is 1. The first-order valence-electron chi connectivity index (χ1n) is 7.78. The molecule has 0 spiro atoms. The van der Waals surface area contributed by atoms with E-state index in [4.69, 9.17) is 10.00 Å². The number of thiazole rings is 1. The van der Waals surface area contributed by atoms with Crippen molar-refractivity contribution < 1.29 is 14.3 Å².